The normalized spacial score (nSPS) is 17.5. The molecule has 0 aromatic rings. The number of nitrogens with one attached hydrogen (secondary N) is 2. The molecule has 0 aliphatic heterocycles. The molecule has 0 aliphatic carbocycles. The van der Waals surface area contributed by atoms with Gasteiger partial charge in [-0.3, -0.25) is 10.6 Å². The Bertz CT molecular complexity index is 268. The molecule has 2 N–H and O–H groups in total. The van der Waals surface area contributed by atoms with Crippen LogP contribution in [0.2, 0.25) is 0 Å². The number of hydrogen-bond acceptors (Lipinski definition) is 5. The SMILES string of the molecule is CCOC(C)(NCC(C)C#N)NCC(C)C#N. The standard InChI is InChI=1S/C12H22N4O/c1-5-17-12(4,15-8-10(2)6-13)16-9-11(3)7-14/h10-11,15-16H,5,8-9H2,1-4H3. The van der Waals surface area contributed by atoms with Crippen molar-refractivity contribution in [3.05, 3.63) is 0 Å². The predicted molar refractivity (Wildman–Crippen MR) is 65.6 cm³/mol. The molecule has 2 unspecified atom stereocenters. The van der Waals surface area contributed by atoms with Crippen molar-refractivity contribution in [1.29, 1.82) is 10.5 Å². The van der Waals surface area contributed by atoms with E-state index in [1.54, 1.807) is 0 Å². The molecule has 0 aromatic carbocycles. The van der Waals surface area contributed by atoms with Crippen LogP contribution in [0.15, 0.2) is 0 Å². The predicted octanol–water partition coefficient (Wildman–Crippen LogP) is 1.20. The second-order valence-corrected chi connectivity index (χ2v) is 4.29. The van der Waals surface area contributed by atoms with Gasteiger partial charge < -0.3 is 4.74 Å². The Labute approximate surface area is 104 Å². The van der Waals surface area contributed by atoms with Crippen LogP contribution in [0.4, 0.5) is 0 Å². The van der Waals surface area contributed by atoms with Crippen molar-refractivity contribution in [2.24, 2.45) is 11.8 Å². The van der Waals surface area contributed by atoms with E-state index in [2.05, 4.69) is 22.8 Å². The minimum atomic E-state index is -0.690. The largest absolute Gasteiger partial charge is 0.348 e. The summed E-state index contributed by atoms with van der Waals surface area (Å²) in [7, 11) is 0. The molecule has 5 nitrogen and oxygen atoms in total. The molecule has 17 heavy (non-hydrogen) atoms. The van der Waals surface area contributed by atoms with Gasteiger partial charge in [0.05, 0.1) is 24.0 Å². The summed E-state index contributed by atoms with van der Waals surface area (Å²) in [5, 5.41) is 23.8. The second kappa shape index (κ2) is 8.03. The average Bonchev–Trinajstić information content (AvgIpc) is 2.33. The van der Waals surface area contributed by atoms with Gasteiger partial charge in [-0.05, 0) is 27.7 Å². The molecule has 0 bridgehead atoms. The van der Waals surface area contributed by atoms with Crippen molar-refractivity contribution in [2.75, 3.05) is 19.7 Å². The summed E-state index contributed by atoms with van der Waals surface area (Å²) < 4.78 is 5.58. The minimum absolute atomic E-state index is 0.0787. The fraction of sp³-hybridized carbons (Fsp3) is 0.833. The van der Waals surface area contributed by atoms with E-state index < -0.39 is 5.85 Å². The summed E-state index contributed by atoms with van der Waals surface area (Å²) in [5.41, 5.74) is 0. The quantitative estimate of drug-likeness (QED) is 0.621. The summed E-state index contributed by atoms with van der Waals surface area (Å²) in [5.74, 6) is -0.847. The van der Waals surface area contributed by atoms with E-state index in [0.717, 1.165) is 0 Å². The van der Waals surface area contributed by atoms with Crippen molar-refractivity contribution in [1.82, 2.24) is 10.6 Å². The molecule has 0 saturated heterocycles. The summed E-state index contributed by atoms with van der Waals surface area (Å²) in [6.45, 7) is 9.10. The van der Waals surface area contributed by atoms with Crippen LogP contribution in [0.1, 0.15) is 27.7 Å². The lowest BCUT2D eigenvalue weighted by Crippen LogP contribution is -2.58. The average molecular weight is 238 g/mol. The number of nitriles is 2. The zero-order valence-electron chi connectivity index (χ0n) is 11.1. The molecule has 0 rings (SSSR count). The van der Waals surface area contributed by atoms with Gasteiger partial charge in [0.25, 0.3) is 0 Å². The zero-order valence-corrected chi connectivity index (χ0v) is 11.1. The van der Waals surface area contributed by atoms with E-state index in [4.69, 9.17) is 15.3 Å². The third kappa shape index (κ3) is 6.91. The van der Waals surface area contributed by atoms with Crippen LogP contribution in [0.25, 0.3) is 0 Å². The van der Waals surface area contributed by atoms with Crippen LogP contribution >= 0.6 is 0 Å². The summed E-state index contributed by atoms with van der Waals surface area (Å²) in [6, 6.07) is 4.31. The highest BCUT2D eigenvalue weighted by Gasteiger charge is 2.24. The van der Waals surface area contributed by atoms with E-state index in [1.807, 2.05) is 27.7 Å². The summed E-state index contributed by atoms with van der Waals surface area (Å²) in [4.78, 5) is 0. The van der Waals surface area contributed by atoms with Crippen molar-refractivity contribution >= 4 is 0 Å². The van der Waals surface area contributed by atoms with Gasteiger partial charge in [0.2, 0.25) is 0 Å². The Hall–Kier alpha value is -1.14. The van der Waals surface area contributed by atoms with Gasteiger partial charge in [-0.2, -0.15) is 10.5 Å². The topological polar surface area (TPSA) is 80.9 Å². The van der Waals surface area contributed by atoms with Gasteiger partial charge in [0.1, 0.15) is 0 Å². The molecule has 0 fully saturated rings. The fourth-order valence-electron chi connectivity index (χ4n) is 1.24. The summed E-state index contributed by atoms with van der Waals surface area (Å²) >= 11 is 0. The second-order valence-electron chi connectivity index (χ2n) is 4.29. The Morgan fingerprint density at radius 3 is 1.82 bits per heavy atom. The highest BCUT2D eigenvalue weighted by Crippen LogP contribution is 2.04. The van der Waals surface area contributed by atoms with Crippen LogP contribution in [-0.4, -0.2) is 25.5 Å². The van der Waals surface area contributed by atoms with Crippen LogP contribution < -0.4 is 10.6 Å². The third-order valence-electron chi connectivity index (χ3n) is 2.36. The van der Waals surface area contributed by atoms with Crippen LogP contribution in [0.3, 0.4) is 0 Å². The molecule has 0 aliphatic rings. The third-order valence-corrected chi connectivity index (χ3v) is 2.36. The zero-order chi connectivity index (χ0) is 13.3. The Kier molecular flexibility index (Phi) is 7.49. The molecular weight excluding hydrogens is 216 g/mol. The number of hydrogen-bond donors (Lipinski definition) is 2. The van der Waals surface area contributed by atoms with E-state index in [1.165, 1.54) is 0 Å². The Balaban J connectivity index is 4.26. The van der Waals surface area contributed by atoms with Gasteiger partial charge in [0.15, 0.2) is 5.85 Å². The Morgan fingerprint density at radius 2 is 1.53 bits per heavy atom. The summed E-state index contributed by atoms with van der Waals surface area (Å²) in [6.07, 6.45) is 0. The van der Waals surface area contributed by atoms with Crippen LogP contribution in [-0.2, 0) is 4.74 Å². The molecule has 96 valence electrons. The van der Waals surface area contributed by atoms with Crippen LogP contribution in [0.5, 0.6) is 0 Å². The van der Waals surface area contributed by atoms with Gasteiger partial charge in [-0.15, -0.1) is 0 Å². The molecule has 0 amide bonds. The first-order valence-electron chi connectivity index (χ1n) is 5.90. The smallest absolute Gasteiger partial charge is 0.171 e. The maximum Gasteiger partial charge on any atom is 0.171 e. The Morgan fingerprint density at radius 1 is 1.12 bits per heavy atom. The minimum Gasteiger partial charge on any atom is -0.348 e. The maximum absolute atomic E-state index is 8.72. The molecule has 0 aromatic heterocycles. The first-order valence-corrected chi connectivity index (χ1v) is 5.90. The van der Waals surface area contributed by atoms with Gasteiger partial charge >= 0.3 is 0 Å². The van der Waals surface area contributed by atoms with Gasteiger partial charge in [-0.1, -0.05) is 0 Å². The maximum atomic E-state index is 8.72. The van der Waals surface area contributed by atoms with E-state index in [0.29, 0.717) is 19.7 Å². The van der Waals surface area contributed by atoms with Gasteiger partial charge in [0, 0.05) is 19.7 Å². The number of rotatable bonds is 8. The number of nitrogens with zero attached hydrogens (tertiary/aromatic N) is 2. The molecule has 2 atom stereocenters. The lowest BCUT2D eigenvalue weighted by atomic mass is 10.2. The van der Waals surface area contributed by atoms with Crippen LogP contribution in [0, 0.1) is 34.5 Å². The molecule has 0 saturated carbocycles. The highest BCUT2D eigenvalue weighted by atomic mass is 16.5. The van der Waals surface area contributed by atoms with Gasteiger partial charge in [-0.25, -0.2) is 0 Å². The van der Waals surface area contributed by atoms with E-state index >= 15 is 0 Å². The molecule has 0 radical (unpaired) electrons. The van der Waals surface area contributed by atoms with E-state index in [-0.39, 0.29) is 11.8 Å². The highest BCUT2D eigenvalue weighted by molar-refractivity contribution is 4.85. The first kappa shape index (κ1) is 15.9. The van der Waals surface area contributed by atoms with Crippen molar-refractivity contribution < 1.29 is 4.74 Å². The molecular formula is C12H22N4O. The van der Waals surface area contributed by atoms with Crippen molar-refractivity contribution in [2.45, 2.75) is 33.5 Å². The molecule has 5 heteroatoms. The molecule has 0 spiro atoms. The first-order chi connectivity index (χ1) is 7.97. The number of ether oxygens (including phenoxy) is 1. The lowest BCUT2D eigenvalue weighted by molar-refractivity contribution is -0.0785. The molecule has 0 heterocycles. The van der Waals surface area contributed by atoms with E-state index in [9.17, 15) is 0 Å². The fourth-order valence-corrected chi connectivity index (χ4v) is 1.24. The lowest BCUT2D eigenvalue weighted by Gasteiger charge is -2.32. The monoisotopic (exact) mass is 238 g/mol. The van der Waals surface area contributed by atoms with Crippen molar-refractivity contribution in [3.63, 3.8) is 0 Å². The van der Waals surface area contributed by atoms with Crippen molar-refractivity contribution in [3.8, 4) is 12.1 Å².